The molecule has 28 heavy (non-hydrogen) atoms. The van der Waals surface area contributed by atoms with Crippen molar-refractivity contribution in [1.29, 1.82) is 0 Å². The lowest BCUT2D eigenvalue weighted by Gasteiger charge is -2.36. The molecule has 1 fully saturated rings. The molecule has 1 saturated heterocycles. The molecule has 1 aliphatic heterocycles. The molecule has 0 bridgehead atoms. The summed E-state index contributed by atoms with van der Waals surface area (Å²) in [5.74, 6) is 0.899. The lowest BCUT2D eigenvalue weighted by atomic mass is 10.2. The van der Waals surface area contributed by atoms with E-state index in [4.69, 9.17) is 4.74 Å². The fourth-order valence-electron chi connectivity index (χ4n) is 3.12. The van der Waals surface area contributed by atoms with Gasteiger partial charge in [0, 0.05) is 58.0 Å². The molecule has 1 unspecified atom stereocenters. The molecular weight excluding hydrogens is 469 g/mol. The number of nitrogens with one attached hydrogen (secondary N) is 2. The predicted molar refractivity (Wildman–Crippen MR) is 126 cm³/mol. The Hall–Kier alpha value is -1.55. The van der Waals surface area contributed by atoms with Crippen molar-refractivity contribution in [2.75, 3.05) is 57.9 Å². The number of ether oxygens (including phenoxy) is 1. The summed E-state index contributed by atoms with van der Waals surface area (Å²) in [7, 11) is 1.68. The topological polar surface area (TPSA) is 69.2 Å². The fourth-order valence-corrected chi connectivity index (χ4v) is 3.12. The number of hydrogen-bond acceptors (Lipinski definition) is 4. The van der Waals surface area contributed by atoms with E-state index in [-0.39, 0.29) is 35.9 Å². The number of aliphatic imine (C=N–C) groups is 1. The van der Waals surface area contributed by atoms with Gasteiger partial charge in [-0.05, 0) is 26.0 Å². The normalized spacial score (nSPS) is 15.6. The van der Waals surface area contributed by atoms with Crippen LogP contribution >= 0.6 is 24.0 Å². The fraction of sp³-hybridized carbons (Fsp3) is 0.600. The van der Waals surface area contributed by atoms with Gasteiger partial charge in [0.05, 0.1) is 13.2 Å². The number of carbonyl (C=O) groups excluding carboxylic acids is 1. The molecule has 0 spiro atoms. The Morgan fingerprint density at radius 3 is 2.50 bits per heavy atom. The van der Waals surface area contributed by atoms with E-state index in [1.807, 2.05) is 36.9 Å². The largest absolute Gasteiger partial charge is 0.383 e. The first-order valence-electron chi connectivity index (χ1n) is 9.75. The van der Waals surface area contributed by atoms with Gasteiger partial charge in [0.15, 0.2) is 5.96 Å². The number of nitrogens with zero attached hydrogens (tertiary/aromatic N) is 3. The van der Waals surface area contributed by atoms with Crippen LogP contribution in [0.15, 0.2) is 35.3 Å². The highest BCUT2D eigenvalue weighted by atomic mass is 127. The maximum atomic E-state index is 12.5. The summed E-state index contributed by atoms with van der Waals surface area (Å²) in [5.41, 5.74) is 1.22. The molecule has 1 heterocycles. The molecule has 1 aromatic carbocycles. The van der Waals surface area contributed by atoms with Gasteiger partial charge in [-0.1, -0.05) is 18.2 Å². The molecule has 7 nitrogen and oxygen atoms in total. The Bertz CT molecular complexity index is 592. The lowest BCUT2D eigenvalue weighted by molar-refractivity contribution is -0.131. The number of piperazine rings is 1. The van der Waals surface area contributed by atoms with Crippen molar-refractivity contribution in [3.05, 3.63) is 30.3 Å². The van der Waals surface area contributed by atoms with Gasteiger partial charge in [-0.15, -0.1) is 24.0 Å². The van der Waals surface area contributed by atoms with Gasteiger partial charge in [-0.2, -0.15) is 0 Å². The zero-order valence-corrected chi connectivity index (χ0v) is 19.5. The zero-order chi connectivity index (χ0) is 19.5. The molecule has 1 atom stereocenters. The second-order valence-corrected chi connectivity index (χ2v) is 6.71. The number of para-hydroxylation sites is 1. The second-order valence-electron chi connectivity index (χ2n) is 6.71. The average Bonchev–Trinajstić information content (AvgIpc) is 2.69. The van der Waals surface area contributed by atoms with Crippen LogP contribution in [0.5, 0.6) is 0 Å². The predicted octanol–water partition coefficient (Wildman–Crippen LogP) is 1.93. The first-order valence-corrected chi connectivity index (χ1v) is 9.75. The van der Waals surface area contributed by atoms with Crippen molar-refractivity contribution >= 4 is 41.5 Å². The van der Waals surface area contributed by atoms with Crippen LogP contribution < -0.4 is 15.5 Å². The Kier molecular flexibility index (Phi) is 11.9. The molecule has 0 saturated carbocycles. The van der Waals surface area contributed by atoms with Crippen LogP contribution in [0.3, 0.4) is 0 Å². The molecule has 1 amide bonds. The number of guanidine groups is 1. The van der Waals surface area contributed by atoms with Gasteiger partial charge in [0.25, 0.3) is 0 Å². The molecule has 1 aliphatic rings. The Morgan fingerprint density at radius 1 is 1.21 bits per heavy atom. The molecule has 0 radical (unpaired) electrons. The van der Waals surface area contributed by atoms with E-state index in [0.717, 1.165) is 38.7 Å². The summed E-state index contributed by atoms with van der Waals surface area (Å²) >= 11 is 0. The SMILES string of the molecule is CCNC(=NCCC(=O)N1CCN(c2ccccc2)CC1)NC(C)COC.I. The van der Waals surface area contributed by atoms with Crippen LogP contribution in [0, 0.1) is 0 Å². The molecule has 2 N–H and O–H groups in total. The third kappa shape index (κ3) is 8.22. The highest BCUT2D eigenvalue weighted by Crippen LogP contribution is 2.15. The first-order chi connectivity index (χ1) is 13.1. The molecule has 0 aromatic heterocycles. The Morgan fingerprint density at radius 2 is 1.89 bits per heavy atom. The van der Waals surface area contributed by atoms with Crippen LogP contribution in [0.4, 0.5) is 5.69 Å². The molecule has 2 rings (SSSR count). The summed E-state index contributed by atoms with van der Waals surface area (Å²) in [4.78, 5) is 21.3. The minimum absolute atomic E-state index is 0. The smallest absolute Gasteiger partial charge is 0.224 e. The summed E-state index contributed by atoms with van der Waals surface area (Å²) in [5, 5.41) is 6.48. The van der Waals surface area contributed by atoms with E-state index in [2.05, 4.69) is 32.7 Å². The Balaban J connectivity index is 0.00000392. The summed E-state index contributed by atoms with van der Waals surface area (Å²) in [6.45, 7) is 9.20. The maximum absolute atomic E-state index is 12.5. The number of methoxy groups -OCH3 is 1. The van der Waals surface area contributed by atoms with Crippen LogP contribution in [0.2, 0.25) is 0 Å². The van der Waals surface area contributed by atoms with Crippen molar-refractivity contribution in [3.8, 4) is 0 Å². The van der Waals surface area contributed by atoms with Crippen LogP contribution in [-0.4, -0.2) is 75.8 Å². The van der Waals surface area contributed by atoms with Gasteiger partial charge in [-0.25, -0.2) is 0 Å². The van der Waals surface area contributed by atoms with E-state index in [1.54, 1.807) is 7.11 Å². The van der Waals surface area contributed by atoms with Crippen LogP contribution in [0.1, 0.15) is 20.3 Å². The first kappa shape index (κ1) is 24.5. The summed E-state index contributed by atoms with van der Waals surface area (Å²) in [6, 6.07) is 10.5. The number of hydrogen-bond donors (Lipinski definition) is 2. The highest BCUT2D eigenvalue weighted by Gasteiger charge is 2.20. The molecule has 158 valence electrons. The third-order valence-electron chi connectivity index (χ3n) is 4.49. The van der Waals surface area contributed by atoms with Crippen LogP contribution in [-0.2, 0) is 9.53 Å². The lowest BCUT2D eigenvalue weighted by Crippen LogP contribution is -2.49. The van der Waals surface area contributed by atoms with Crippen molar-refractivity contribution in [3.63, 3.8) is 0 Å². The monoisotopic (exact) mass is 503 g/mol. The number of amides is 1. The van der Waals surface area contributed by atoms with E-state index in [1.165, 1.54) is 5.69 Å². The summed E-state index contributed by atoms with van der Waals surface area (Å²) in [6.07, 6.45) is 0.431. The second kappa shape index (κ2) is 13.6. The van der Waals surface area contributed by atoms with E-state index >= 15 is 0 Å². The molecule has 1 aromatic rings. The van der Waals surface area contributed by atoms with E-state index in [0.29, 0.717) is 19.6 Å². The van der Waals surface area contributed by atoms with Crippen molar-refractivity contribution in [2.45, 2.75) is 26.3 Å². The van der Waals surface area contributed by atoms with E-state index in [9.17, 15) is 4.79 Å². The molecule has 0 aliphatic carbocycles. The number of halogens is 1. The number of carbonyl (C=O) groups is 1. The number of benzene rings is 1. The van der Waals surface area contributed by atoms with Gasteiger partial charge in [0.1, 0.15) is 0 Å². The molecule has 8 heteroatoms. The van der Waals surface area contributed by atoms with Gasteiger partial charge in [-0.3, -0.25) is 9.79 Å². The number of rotatable bonds is 8. The maximum Gasteiger partial charge on any atom is 0.224 e. The quantitative estimate of drug-likeness (QED) is 0.323. The summed E-state index contributed by atoms with van der Waals surface area (Å²) < 4.78 is 5.14. The van der Waals surface area contributed by atoms with Crippen molar-refractivity contribution in [1.82, 2.24) is 15.5 Å². The minimum Gasteiger partial charge on any atom is -0.383 e. The van der Waals surface area contributed by atoms with Gasteiger partial charge in [0.2, 0.25) is 5.91 Å². The minimum atomic E-state index is 0. The standard InChI is InChI=1S/C20H33N5O2.HI/c1-4-21-20(23-17(2)16-27-3)22-11-10-19(26)25-14-12-24(13-15-25)18-8-6-5-7-9-18;/h5-9,17H,4,10-16H2,1-3H3,(H2,21,22,23);1H. The Labute approximate surface area is 185 Å². The van der Waals surface area contributed by atoms with Gasteiger partial charge < -0.3 is 25.2 Å². The molecular formula is C20H34IN5O2. The van der Waals surface area contributed by atoms with Gasteiger partial charge >= 0.3 is 0 Å². The van der Waals surface area contributed by atoms with Crippen molar-refractivity contribution in [2.24, 2.45) is 4.99 Å². The van der Waals surface area contributed by atoms with E-state index < -0.39 is 0 Å². The van der Waals surface area contributed by atoms with Crippen LogP contribution in [0.25, 0.3) is 0 Å². The average molecular weight is 503 g/mol. The number of anilines is 1. The third-order valence-corrected chi connectivity index (χ3v) is 4.49. The zero-order valence-electron chi connectivity index (χ0n) is 17.2. The highest BCUT2D eigenvalue weighted by molar-refractivity contribution is 14.0. The van der Waals surface area contributed by atoms with Crippen molar-refractivity contribution < 1.29 is 9.53 Å².